The van der Waals surface area contributed by atoms with E-state index in [2.05, 4.69) is 5.43 Å². The van der Waals surface area contributed by atoms with Crippen LogP contribution < -0.4 is 0 Å². The van der Waals surface area contributed by atoms with E-state index in [1.54, 1.807) is 51.4 Å². The second-order valence-corrected chi connectivity index (χ2v) is 5.32. The molecule has 0 heterocycles. The number of nitrogens with zero attached hydrogens (tertiary/aromatic N) is 2. The lowest BCUT2D eigenvalue weighted by Gasteiger charge is -2.42. The van der Waals surface area contributed by atoms with Gasteiger partial charge in [0.15, 0.2) is 5.91 Å². The molecule has 1 amide bonds. The minimum absolute atomic E-state index is 0.0914. The van der Waals surface area contributed by atoms with E-state index in [1.165, 1.54) is 6.92 Å². The number of rotatable bonds is 6. The maximum absolute atomic E-state index is 11.9. The number of benzene rings is 1. The van der Waals surface area contributed by atoms with Crippen molar-refractivity contribution in [2.24, 2.45) is 0 Å². The number of amides is 1. The molecule has 1 unspecified atom stereocenters. The molecule has 0 bridgehead atoms. The highest BCUT2D eigenvalue weighted by molar-refractivity contribution is 6.46. The number of quaternary nitrogens is 1. The Balaban J connectivity index is 2.64. The number of hydrogen-bond acceptors (Lipinski definition) is 4. The van der Waals surface area contributed by atoms with Crippen LogP contribution in [0.5, 0.6) is 0 Å². The summed E-state index contributed by atoms with van der Waals surface area (Å²) in [6, 6.07) is 8.26. The van der Waals surface area contributed by atoms with Crippen molar-refractivity contribution in [2.75, 3.05) is 20.6 Å². The number of hydrogen-bond donors (Lipinski definition) is 0. The third-order valence-electron chi connectivity index (χ3n) is 2.66. The minimum Gasteiger partial charge on any atom is -0.457 e. The van der Waals surface area contributed by atoms with Gasteiger partial charge in [0.25, 0.3) is 0 Å². The van der Waals surface area contributed by atoms with E-state index < -0.39 is 23.8 Å². The van der Waals surface area contributed by atoms with Crippen LogP contribution in [0.25, 0.3) is 5.43 Å². The molecule has 0 N–H and O–H groups in total. The van der Waals surface area contributed by atoms with E-state index in [4.69, 9.17) is 4.74 Å². The summed E-state index contributed by atoms with van der Waals surface area (Å²) in [6.45, 7) is 3.32. The van der Waals surface area contributed by atoms with Crippen LogP contribution in [0.1, 0.15) is 24.2 Å². The van der Waals surface area contributed by atoms with Crippen LogP contribution in [0.2, 0.25) is 0 Å². The Labute approximate surface area is 124 Å². The van der Waals surface area contributed by atoms with Crippen LogP contribution in [0.4, 0.5) is 0 Å². The number of likely N-dealkylation sites (N-methyl/N-ethyl adjacent to an activating group) is 1. The summed E-state index contributed by atoms with van der Waals surface area (Å²) in [5.41, 5.74) is 4.20. The van der Waals surface area contributed by atoms with Crippen LogP contribution in [0.15, 0.2) is 30.3 Å². The third kappa shape index (κ3) is 5.74. The highest BCUT2D eigenvalue weighted by atomic mass is 16.5. The Morgan fingerprint density at radius 3 is 2.29 bits per heavy atom. The Hall–Kier alpha value is -2.21. The van der Waals surface area contributed by atoms with Crippen molar-refractivity contribution >= 4 is 17.7 Å². The van der Waals surface area contributed by atoms with Crippen LogP contribution in [-0.4, -0.2) is 49.0 Å². The lowest BCUT2D eigenvalue weighted by molar-refractivity contribution is -0.852. The fourth-order valence-electron chi connectivity index (χ4n) is 1.99. The molecule has 0 saturated carbocycles. The number of carbonyl (C=O) groups excluding carboxylic acids is 3. The predicted molar refractivity (Wildman–Crippen MR) is 77.3 cm³/mol. The third-order valence-corrected chi connectivity index (χ3v) is 2.66. The monoisotopic (exact) mass is 292 g/mol. The zero-order chi connectivity index (χ0) is 16.0. The van der Waals surface area contributed by atoms with Crippen LogP contribution in [-0.2, 0) is 14.3 Å². The van der Waals surface area contributed by atoms with Gasteiger partial charge in [0.05, 0.1) is 14.1 Å². The van der Waals surface area contributed by atoms with Crippen molar-refractivity contribution < 1.29 is 23.7 Å². The van der Waals surface area contributed by atoms with Gasteiger partial charge < -0.3 is 19.5 Å². The van der Waals surface area contributed by atoms with E-state index in [0.29, 0.717) is 12.1 Å². The lowest BCUT2D eigenvalue weighted by Crippen LogP contribution is -2.44. The molecule has 0 aliphatic carbocycles. The molecule has 114 valence electrons. The fourth-order valence-corrected chi connectivity index (χ4v) is 1.99. The summed E-state index contributed by atoms with van der Waals surface area (Å²) < 4.78 is 4.91. The van der Waals surface area contributed by atoms with Gasteiger partial charge >= 0.3 is 5.97 Å². The summed E-state index contributed by atoms with van der Waals surface area (Å²) in [7, 11) is 3.33. The normalized spacial score (nSPS) is 12.4. The summed E-state index contributed by atoms with van der Waals surface area (Å²) in [5, 5.41) is 0. The summed E-state index contributed by atoms with van der Waals surface area (Å²) in [6.07, 6.45) is -0.402. The number of ether oxygens (including phenoxy) is 1. The average molecular weight is 292 g/mol. The van der Waals surface area contributed by atoms with Gasteiger partial charge in [-0.2, -0.15) is 0 Å². The number of ketones is 1. The molecule has 0 spiro atoms. The van der Waals surface area contributed by atoms with Crippen molar-refractivity contribution in [1.29, 1.82) is 0 Å². The van der Waals surface area contributed by atoms with E-state index in [0.717, 1.165) is 0 Å². The van der Waals surface area contributed by atoms with Gasteiger partial charge in [0, 0.05) is 12.5 Å². The predicted octanol–water partition coefficient (Wildman–Crippen LogP) is 1.71. The van der Waals surface area contributed by atoms with E-state index in [9.17, 15) is 14.4 Å². The number of carbonyl (C=O) groups is 3. The summed E-state index contributed by atoms with van der Waals surface area (Å²) >= 11 is 0. The highest BCUT2D eigenvalue weighted by Crippen LogP contribution is 2.13. The maximum atomic E-state index is 11.9. The van der Waals surface area contributed by atoms with Crippen molar-refractivity contribution in [1.82, 2.24) is 0 Å². The molecular weight excluding hydrogens is 272 g/mol. The average Bonchev–Trinajstić information content (AvgIpc) is 2.36. The molecule has 0 fully saturated rings. The number of Topliss-reactive ketones (excluding diaryl/α,β-unsaturated/α-hetero) is 1. The van der Waals surface area contributed by atoms with Crippen molar-refractivity contribution in [3.05, 3.63) is 41.3 Å². The van der Waals surface area contributed by atoms with Crippen molar-refractivity contribution in [2.45, 2.75) is 20.0 Å². The molecule has 0 aliphatic heterocycles. The largest absolute Gasteiger partial charge is 0.457 e. The van der Waals surface area contributed by atoms with E-state index >= 15 is 0 Å². The molecule has 0 saturated heterocycles. The molecule has 0 aliphatic rings. The molecule has 0 aromatic heterocycles. The van der Waals surface area contributed by atoms with Crippen LogP contribution >= 0.6 is 0 Å². The van der Waals surface area contributed by atoms with Crippen molar-refractivity contribution in [3.63, 3.8) is 0 Å². The summed E-state index contributed by atoms with van der Waals surface area (Å²) in [4.78, 5) is 34.7. The first kappa shape index (κ1) is 16.8. The molecule has 1 atom stereocenters. The Morgan fingerprint density at radius 2 is 1.76 bits per heavy atom. The Kier molecular flexibility index (Phi) is 5.60. The van der Waals surface area contributed by atoms with E-state index in [-0.39, 0.29) is 4.59 Å². The molecule has 1 aromatic rings. The number of esters is 1. The maximum Gasteiger partial charge on any atom is 0.303 e. The van der Waals surface area contributed by atoms with Gasteiger partial charge in [-0.15, -0.1) is 0 Å². The van der Waals surface area contributed by atoms with Crippen molar-refractivity contribution in [3.8, 4) is 0 Å². The molecule has 6 nitrogen and oxygen atoms in total. The Bertz CT molecular complexity index is 526. The zero-order valence-corrected chi connectivity index (χ0v) is 12.7. The van der Waals surface area contributed by atoms with Gasteiger partial charge in [-0.1, -0.05) is 30.3 Å². The molecule has 1 aromatic carbocycles. The molecular formula is C15H20N2O4. The van der Waals surface area contributed by atoms with Gasteiger partial charge in [0.1, 0.15) is 12.6 Å². The quantitative estimate of drug-likeness (QED) is 0.263. The second kappa shape index (κ2) is 6.99. The van der Waals surface area contributed by atoms with Gasteiger partial charge in [-0.25, -0.2) is 0 Å². The molecule has 1 rings (SSSR count). The summed E-state index contributed by atoms with van der Waals surface area (Å²) in [5.74, 6) is -1.86. The minimum atomic E-state index is -0.818. The topological polar surface area (TPSA) is 74.5 Å². The van der Waals surface area contributed by atoms with Crippen LogP contribution in [0, 0.1) is 0 Å². The van der Waals surface area contributed by atoms with Crippen LogP contribution in [0.3, 0.4) is 0 Å². The van der Waals surface area contributed by atoms with E-state index in [1.807, 2.05) is 0 Å². The SMILES string of the molecule is CC(=O)OC(C)C[N+](C)(C)[N-]C(=O)C(=O)c1ccccc1. The lowest BCUT2D eigenvalue weighted by atomic mass is 10.1. The standard InChI is InChI=1S/C15H20N2O4/c1-11(21-12(2)18)10-17(3,4)16-15(20)14(19)13-8-6-5-7-9-13/h5-9,11H,10H2,1-4H3. The first-order valence-electron chi connectivity index (χ1n) is 6.58. The highest BCUT2D eigenvalue weighted by Gasteiger charge is 2.19. The fraction of sp³-hybridized carbons (Fsp3) is 0.400. The smallest absolute Gasteiger partial charge is 0.303 e. The first-order valence-corrected chi connectivity index (χ1v) is 6.58. The molecule has 0 radical (unpaired) electrons. The second-order valence-electron chi connectivity index (χ2n) is 5.32. The Morgan fingerprint density at radius 1 is 1.19 bits per heavy atom. The van der Waals surface area contributed by atoms with Gasteiger partial charge in [0.2, 0.25) is 5.78 Å². The first-order chi connectivity index (χ1) is 9.71. The zero-order valence-electron chi connectivity index (χ0n) is 12.7. The van der Waals surface area contributed by atoms with Gasteiger partial charge in [-0.3, -0.25) is 9.59 Å². The van der Waals surface area contributed by atoms with Gasteiger partial charge in [-0.05, 0) is 6.92 Å². The molecule has 6 heteroatoms. The molecule has 21 heavy (non-hydrogen) atoms.